The Labute approximate surface area is 171 Å². The lowest BCUT2D eigenvalue weighted by atomic mass is 10.1. The molecular formula is C21H18N4O5. The fourth-order valence-electron chi connectivity index (χ4n) is 3.51. The van der Waals surface area contributed by atoms with Gasteiger partial charge in [0.15, 0.2) is 11.5 Å². The fraction of sp³-hybridized carbons (Fsp3) is 0.238. The fourth-order valence-corrected chi connectivity index (χ4v) is 3.51. The molecule has 1 unspecified atom stereocenters. The summed E-state index contributed by atoms with van der Waals surface area (Å²) in [7, 11) is 0. The summed E-state index contributed by atoms with van der Waals surface area (Å²) in [4.78, 5) is 26.7. The highest BCUT2D eigenvalue weighted by Gasteiger charge is 2.36. The molecule has 2 aliphatic rings. The number of carbonyl (C=O) groups is 2. The topological polar surface area (TPSA) is 107 Å². The van der Waals surface area contributed by atoms with Crippen LogP contribution in [0.25, 0.3) is 11.5 Å². The summed E-state index contributed by atoms with van der Waals surface area (Å²) in [6.45, 7) is 1.22. The molecule has 30 heavy (non-hydrogen) atoms. The monoisotopic (exact) mass is 406 g/mol. The quantitative estimate of drug-likeness (QED) is 0.709. The van der Waals surface area contributed by atoms with Gasteiger partial charge in [-0.1, -0.05) is 23.3 Å². The molecule has 0 spiro atoms. The van der Waals surface area contributed by atoms with E-state index in [1.54, 1.807) is 23.1 Å². The van der Waals surface area contributed by atoms with E-state index in [1.807, 2.05) is 30.3 Å². The van der Waals surface area contributed by atoms with E-state index < -0.39 is 5.92 Å². The Morgan fingerprint density at radius 2 is 1.83 bits per heavy atom. The summed E-state index contributed by atoms with van der Waals surface area (Å²) in [5, 5.41) is 10.4. The standard InChI is InChI=1S/C21H18N4O5/c26-18-10-14(12-25(18)15-6-7-16-17(11-15)29-9-8-28-16)19(27)22-21-24-23-20(30-21)13-4-2-1-3-5-13/h1-7,11,14H,8-10,12H2,(H,22,24,27). The molecule has 0 radical (unpaired) electrons. The third-order valence-electron chi connectivity index (χ3n) is 5.01. The number of amides is 2. The first-order chi connectivity index (χ1) is 14.7. The maximum Gasteiger partial charge on any atom is 0.322 e. The number of hydrogen-bond acceptors (Lipinski definition) is 7. The van der Waals surface area contributed by atoms with Crippen molar-refractivity contribution in [1.29, 1.82) is 0 Å². The molecular weight excluding hydrogens is 388 g/mol. The van der Waals surface area contributed by atoms with E-state index in [-0.39, 0.29) is 30.8 Å². The molecule has 5 rings (SSSR count). The van der Waals surface area contributed by atoms with Crippen molar-refractivity contribution in [3.8, 4) is 23.0 Å². The number of nitrogens with one attached hydrogen (secondary N) is 1. The zero-order valence-electron chi connectivity index (χ0n) is 15.9. The number of fused-ring (bicyclic) bond motifs is 1. The van der Waals surface area contributed by atoms with E-state index in [0.717, 1.165) is 5.56 Å². The molecule has 1 N–H and O–H groups in total. The summed E-state index contributed by atoms with van der Waals surface area (Å²) >= 11 is 0. The maximum atomic E-state index is 12.7. The normalized spacial score (nSPS) is 17.8. The predicted octanol–water partition coefficient (Wildman–Crippen LogP) is 2.50. The van der Waals surface area contributed by atoms with E-state index in [9.17, 15) is 9.59 Å². The second-order valence-corrected chi connectivity index (χ2v) is 7.00. The van der Waals surface area contributed by atoms with Crippen LogP contribution in [0.3, 0.4) is 0 Å². The highest BCUT2D eigenvalue weighted by molar-refractivity contribution is 6.03. The third kappa shape index (κ3) is 3.45. The van der Waals surface area contributed by atoms with Gasteiger partial charge in [-0.05, 0) is 24.3 Å². The number of aromatic nitrogens is 2. The Morgan fingerprint density at radius 1 is 1.03 bits per heavy atom. The molecule has 2 aromatic carbocycles. The first kappa shape index (κ1) is 18.2. The van der Waals surface area contributed by atoms with Crippen molar-refractivity contribution in [2.45, 2.75) is 6.42 Å². The number of anilines is 2. The van der Waals surface area contributed by atoms with E-state index in [2.05, 4.69) is 15.5 Å². The van der Waals surface area contributed by atoms with Crippen LogP contribution in [-0.4, -0.2) is 41.8 Å². The number of nitrogens with zero attached hydrogens (tertiary/aromatic N) is 3. The number of benzene rings is 2. The molecule has 3 aromatic rings. The Balaban J connectivity index is 1.26. The third-order valence-corrected chi connectivity index (χ3v) is 5.01. The molecule has 152 valence electrons. The molecule has 9 nitrogen and oxygen atoms in total. The van der Waals surface area contributed by atoms with Crippen LogP contribution in [0, 0.1) is 5.92 Å². The van der Waals surface area contributed by atoms with Crippen molar-refractivity contribution >= 4 is 23.5 Å². The van der Waals surface area contributed by atoms with Crippen LogP contribution in [0.5, 0.6) is 11.5 Å². The van der Waals surface area contributed by atoms with Crippen molar-refractivity contribution in [2.24, 2.45) is 5.92 Å². The largest absolute Gasteiger partial charge is 0.486 e. The van der Waals surface area contributed by atoms with Gasteiger partial charge in [0, 0.05) is 30.3 Å². The van der Waals surface area contributed by atoms with Crippen molar-refractivity contribution < 1.29 is 23.5 Å². The van der Waals surface area contributed by atoms with Gasteiger partial charge >= 0.3 is 6.01 Å². The van der Waals surface area contributed by atoms with Crippen LogP contribution >= 0.6 is 0 Å². The van der Waals surface area contributed by atoms with Crippen LogP contribution in [0.15, 0.2) is 52.9 Å². The minimum Gasteiger partial charge on any atom is -0.486 e. The zero-order chi connectivity index (χ0) is 20.5. The number of rotatable bonds is 4. The molecule has 3 heterocycles. The molecule has 2 aliphatic heterocycles. The number of hydrogen-bond donors (Lipinski definition) is 1. The second-order valence-electron chi connectivity index (χ2n) is 7.00. The first-order valence-corrected chi connectivity index (χ1v) is 9.57. The van der Waals surface area contributed by atoms with Gasteiger partial charge in [-0.15, -0.1) is 5.10 Å². The van der Waals surface area contributed by atoms with Gasteiger partial charge in [-0.25, -0.2) is 0 Å². The Hall–Kier alpha value is -3.88. The van der Waals surface area contributed by atoms with E-state index in [4.69, 9.17) is 13.9 Å². The lowest BCUT2D eigenvalue weighted by Gasteiger charge is -2.22. The predicted molar refractivity (Wildman–Crippen MR) is 106 cm³/mol. The highest BCUT2D eigenvalue weighted by atomic mass is 16.6. The van der Waals surface area contributed by atoms with Gasteiger partial charge in [-0.2, -0.15) is 0 Å². The van der Waals surface area contributed by atoms with E-state index in [1.165, 1.54) is 0 Å². The van der Waals surface area contributed by atoms with Crippen LogP contribution in [0.4, 0.5) is 11.7 Å². The molecule has 0 saturated carbocycles. The Morgan fingerprint density at radius 3 is 2.67 bits per heavy atom. The van der Waals surface area contributed by atoms with Crippen LogP contribution < -0.4 is 19.7 Å². The second kappa shape index (κ2) is 7.51. The molecule has 9 heteroatoms. The summed E-state index contributed by atoms with van der Waals surface area (Å²) in [5.41, 5.74) is 1.43. The average molecular weight is 406 g/mol. The number of carbonyl (C=O) groups excluding carboxylic acids is 2. The Bertz CT molecular complexity index is 1100. The minimum absolute atomic E-state index is 0.00378. The van der Waals surface area contributed by atoms with Gasteiger partial charge in [0.1, 0.15) is 13.2 Å². The van der Waals surface area contributed by atoms with Gasteiger partial charge in [0.25, 0.3) is 0 Å². The summed E-state index contributed by atoms with van der Waals surface area (Å²) in [6, 6.07) is 14.6. The average Bonchev–Trinajstić information content (AvgIpc) is 3.41. The number of ether oxygens (including phenoxy) is 2. The van der Waals surface area contributed by atoms with Crippen LogP contribution in [-0.2, 0) is 9.59 Å². The van der Waals surface area contributed by atoms with Gasteiger partial charge in [0.2, 0.25) is 17.7 Å². The summed E-state index contributed by atoms with van der Waals surface area (Å²) < 4.78 is 16.6. The van der Waals surface area contributed by atoms with Gasteiger partial charge in [-0.3, -0.25) is 14.9 Å². The molecule has 1 fully saturated rings. The molecule has 1 saturated heterocycles. The van der Waals surface area contributed by atoms with Crippen molar-refractivity contribution in [1.82, 2.24) is 10.2 Å². The van der Waals surface area contributed by atoms with Crippen LogP contribution in [0.1, 0.15) is 6.42 Å². The van der Waals surface area contributed by atoms with Gasteiger partial charge in [0.05, 0.1) is 5.92 Å². The Kier molecular flexibility index (Phi) is 4.55. The molecule has 1 aromatic heterocycles. The molecule has 2 amide bonds. The van der Waals surface area contributed by atoms with E-state index in [0.29, 0.717) is 36.3 Å². The first-order valence-electron chi connectivity index (χ1n) is 9.57. The van der Waals surface area contributed by atoms with E-state index >= 15 is 0 Å². The molecule has 0 bridgehead atoms. The van der Waals surface area contributed by atoms with Crippen molar-refractivity contribution in [3.63, 3.8) is 0 Å². The lowest BCUT2D eigenvalue weighted by Crippen LogP contribution is -2.28. The molecule has 0 aliphatic carbocycles. The summed E-state index contributed by atoms with van der Waals surface area (Å²) in [5.74, 6) is 0.549. The summed E-state index contributed by atoms with van der Waals surface area (Å²) in [6.07, 6.45) is 0.0972. The smallest absolute Gasteiger partial charge is 0.322 e. The maximum absolute atomic E-state index is 12.7. The minimum atomic E-state index is -0.530. The highest BCUT2D eigenvalue weighted by Crippen LogP contribution is 2.36. The molecule has 1 atom stereocenters. The lowest BCUT2D eigenvalue weighted by molar-refractivity contribution is -0.122. The van der Waals surface area contributed by atoms with Crippen molar-refractivity contribution in [3.05, 3.63) is 48.5 Å². The van der Waals surface area contributed by atoms with Gasteiger partial charge < -0.3 is 18.8 Å². The van der Waals surface area contributed by atoms with Crippen LogP contribution in [0.2, 0.25) is 0 Å². The zero-order valence-corrected chi connectivity index (χ0v) is 15.9. The SMILES string of the molecule is O=C(Nc1nnc(-c2ccccc2)o1)C1CC(=O)N(c2ccc3c(c2)OCCO3)C1. The van der Waals surface area contributed by atoms with Crippen molar-refractivity contribution in [2.75, 3.05) is 30.0 Å².